The molecule has 17 heavy (non-hydrogen) atoms. The number of hydrogen-bond acceptors (Lipinski definition) is 4. The smallest absolute Gasteiger partial charge is 0.0647 e. The SMILES string of the molecule is C[NH2+]C.C[NH2+]C.C[NH2+]C.C[NH2+]C.[OH-].[OH-].[OH-].[OH-].[Ti]. The molecule has 0 radical (unpaired) electrons. The van der Waals surface area contributed by atoms with Crippen LogP contribution in [0.25, 0.3) is 0 Å². The Labute approximate surface area is 121 Å². The molecule has 0 aliphatic heterocycles. The minimum atomic E-state index is 0. The number of nitrogens with two attached hydrogens (primary N) is 4. The molecule has 0 rings (SSSR count). The molecule has 0 aliphatic carbocycles. The van der Waals surface area contributed by atoms with Crippen molar-refractivity contribution in [1.29, 1.82) is 0 Å². The molecule has 12 N–H and O–H groups in total. The van der Waals surface area contributed by atoms with Crippen molar-refractivity contribution in [3.63, 3.8) is 0 Å². The average Bonchev–Trinajstić information content (AvgIpc) is 1.92. The first kappa shape index (κ1) is 66.3. The van der Waals surface area contributed by atoms with Crippen molar-refractivity contribution >= 4 is 0 Å². The molecule has 0 spiro atoms. The molecule has 116 valence electrons. The standard InChI is InChI=1S/4C2H7N.4H2O.Ti/c4*1-3-2;;;;;/h4*3H,1-2H3;4*1H2;. The first-order chi connectivity index (χ1) is 5.66. The van der Waals surface area contributed by atoms with Crippen LogP contribution in [0.2, 0.25) is 0 Å². The van der Waals surface area contributed by atoms with E-state index < -0.39 is 0 Å². The Hall–Kier alpha value is 0.394. The van der Waals surface area contributed by atoms with E-state index in [1.807, 2.05) is 77.6 Å². The summed E-state index contributed by atoms with van der Waals surface area (Å²) in [5, 5.41) is 8.00. The summed E-state index contributed by atoms with van der Waals surface area (Å²) in [7, 11) is 16.0. The van der Waals surface area contributed by atoms with Gasteiger partial charge < -0.3 is 43.2 Å². The molecule has 0 aliphatic rings. The second kappa shape index (κ2) is 201. The van der Waals surface area contributed by atoms with Gasteiger partial charge in [0, 0.05) is 21.7 Å². The Balaban J connectivity index is -0.00000000653. The quantitative estimate of drug-likeness (QED) is 0.325. The van der Waals surface area contributed by atoms with Crippen LogP contribution in [0.4, 0.5) is 0 Å². The maximum atomic E-state index is 2.00. The van der Waals surface area contributed by atoms with Crippen molar-refractivity contribution in [2.75, 3.05) is 56.4 Å². The fraction of sp³-hybridized carbons (Fsp3) is 1.00. The maximum absolute atomic E-state index is 2.00. The minimum absolute atomic E-state index is 0. The van der Waals surface area contributed by atoms with Crippen LogP contribution in [0.5, 0.6) is 0 Å². The third kappa shape index (κ3) is 21800. The predicted octanol–water partition coefficient (Wildman–Crippen LogP) is -5.47. The average molecular weight is 300 g/mol. The molecule has 0 unspecified atom stereocenters. The third-order valence-electron chi connectivity index (χ3n) is 0. The first-order valence-corrected chi connectivity index (χ1v) is 4.62. The summed E-state index contributed by atoms with van der Waals surface area (Å²) < 4.78 is 0. The van der Waals surface area contributed by atoms with Crippen molar-refractivity contribution in [3.8, 4) is 0 Å². The van der Waals surface area contributed by atoms with Crippen molar-refractivity contribution < 1.29 is 64.9 Å². The second-order valence-electron chi connectivity index (χ2n) is 2.31. The summed E-state index contributed by atoms with van der Waals surface area (Å²) in [6.07, 6.45) is 0. The Kier molecular flexibility index (Phi) is 785. The zero-order chi connectivity index (χ0) is 10.8. The number of hydrogen-bond donors (Lipinski definition) is 4. The van der Waals surface area contributed by atoms with E-state index in [4.69, 9.17) is 0 Å². The second-order valence-corrected chi connectivity index (χ2v) is 2.31. The van der Waals surface area contributed by atoms with Crippen molar-refractivity contribution in [2.24, 2.45) is 0 Å². The van der Waals surface area contributed by atoms with Gasteiger partial charge in [0.15, 0.2) is 0 Å². The molecule has 9 heteroatoms. The Bertz CT molecular complexity index is 37.5. The maximum Gasteiger partial charge on any atom is 0.0647 e. The van der Waals surface area contributed by atoms with E-state index in [-0.39, 0.29) is 43.6 Å². The number of rotatable bonds is 0. The molecule has 0 bridgehead atoms. The van der Waals surface area contributed by atoms with Gasteiger partial charge in [-0.25, -0.2) is 0 Å². The Morgan fingerprint density at radius 2 is 0.353 bits per heavy atom. The van der Waals surface area contributed by atoms with E-state index >= 15 is 0 Å². The van der Waals surface area contributed by atoms with E-state index in [9.17, 15) is 0 Å². The zero-order valence-electron chi connectivity index (χ0n) is 12.6. The van der Waals surface area contributed by atoms with E-state index in [0.717, 1.165) is 0 Å². The molecule has 0 saturated heterocycles. The molecule has 8 nitrogen and oxygen atoms in total. The Morgan fingerprint density at radius 3 is 0.353 bits per heavy atom. The van der Waals surface area contributed by atoms with Crippen molar-refractivity contribution in [2.45, 2.75) is 0 Å². The van der Waals surface area contributed by atoms with Gasteiger partial charge >= 0.3 is 0 Å². The zero-order valence-corrected chi connectivity index (χ0v) is 14.2. The molecule has 0 aromatic rings. The van der Waals surface area contributed by atoms with Gasteiger partial charge in [-0.05, 0) is 0 Å². The normalized spacial score (nSPS) is 4.24. The number of quaternary nitrogens is 4. The van der Waals surface area contributed by atoms with Gasteiger partial charge in [-0.2, -0.15) is 0 Å². The van der Waals surface area contributed by atoms with Crippen LogP contribution in [0.15, 0.2) is 0 Å². The van der Waals surface area contributed by atoms with E-state index in [2.05, 4.69) is 0 Å². The van der Waals surface area contributed by atoms with Gasteiger partial charge in [-0.3, -0.25) is 0 Å². The van der Waals surface area contributed by atoms with Crippen molar-refractivity contribution in [3.05, 3.63) is 0 Å². The minimum Gasteiger partial charge on any atom is -0.870 e. The van der Waals surface area contributed by atoms with Crippen LogP contribution < -0.4 is 21.3 Å². The first-order valence-electron chi connectivity index (χ1n) is 4.62. The summed E-state index contributed by atoms with van der Waals surface area (Å²) in [5.41, 5.74) is 0. The van der Waals surface area contributed by atoms with Crippen LogP contribution in [0.1, 0.15) is 0 Å². The Morgan fingerprint density at radius 1 is 0.353 bits per heavy atom. The van der Waals surface area contributed by atoms with Gasteiger partial charge in [-0.1, -0.05) is 0 Å². The molecule has 0 aromatic carbocycles. The molecule has 0 aromatic heterocycles. The molecule has 0 fully saturated rings. The fourth-order valence-electron chi connectivity index (χ4n) is 0. The predicted molar refractivity (Wildman–Crippen MR) is 62.8 cm³/mol. The summed E-state index contributed by atoms with van der Waals surface area (Å²) in [6, 6.07) is 0. The van der Waals surface area contributed by atoms with Crippen LogP contribution in [-0.2, 0) is 21.7 Å². The van der Waals surface area contributed by atoms with Gasteiger partial charge in [0.05, 0.1) is 56.4 Å². The van der Waals surface area contributed by atoms with E-state index in [0.29, 0.717) is 0 Å². The summed E-state index contributed by atoms with van der Waals surface area (Å²) in [4.78, 5) is 0. The molecule has 0 atom stereocenters. The summed E-state index contributed by atoms with van der Waals surface area (Å²) >= 11 is 0. The molecule has 0 amide bonds. The topological polar surface area (TPSA) is 186 Å². The monoisotopic (exact) mass is 300 g/mol. The van der Waals surface area contributed by atoms with Gasteiger partial charge in [0.2, 0.25) is 0 Å². The van der Waals surface area contributed by atoms with Gasteiger partial charge in [-0.15, -0.1) is 0 Å². The van der Waals surface area contributed by atoms with E-state index in [1.165, 1.54) is 0 Å². The molecule has 0 heterocycles. The summed E-state index contributed by atoms with van der Waals surface area (Å²) in [6.45, 7) is 0. The fourth-order valence-corrected chi connectivity index (χ4v) is 0. The molecular formula is C8H36N4O4Ti. The van der Waals surface area contributed by atoms with Crippen LogP contribution in [-0.4, -0.2) is 78.3 Å². The van der Waals surface area contributed by atoms with Crippen LogP contribution >= 0.6 is 0 Å². The molecular weight excluding hydrogens is 264 g/mol. The van der Waals surface area contributed by atoms with Gasteiger partial charge in [0.25, 0.3) is 0 Å². The van der Waals surface area contributed by atoms with E-state index in [1.54, 1.807) is 0 Å². The van der Waals surface area contributed by atoms with Crippen LogP contribution in [0.3, 0.4) is 0 Å². The van der Waals surface area contributed by atoms with Crippen molar-refractivity contribution in [1.82, 2.24) is 0 Å². The van der Waals surface area contributed by atoms with Gasteiger partial charge in [0.1, 0.15) is 0 Å². The third-order valence-corrected chi connectivity index (χ3v) is 0. The molecule has 0 saturated carbocycles. The van der Waals surface area contributed by atoms with Crippen LogP contribution in [0, 0.1) is 0 Å². The summed E-state index contributed by atoms with van der Waals surface area (Å²) in [5.74, 6) is 0. The largest absolute Gasteiger partial charge is 0.870 e.